The van der Waals surface area contributed by atoms with Crippen molar-refractivity contribution in [1.82, 2.24) is 29.9 Å². The van der Waals surface area contributed by atoms with Crippen LogP contribution in [-0.2, 0) is 13.0 Å². The van der Waals surface area contributed by atoms with Crippen LogP contribution in [0.5, 0.6) is 0 Å². The number of hydrogen-bond acceptors (Lipinski definition) is 6. The van der Waals surface area contributed by atoms with Crippen LogP contribution in [0.15, 0.2) is 18.7 Å². The third-order valence-corrected chi connectivity index (χ3v) is 2.93. The summed E-state index contributed by atoms with van der Waals surface area (Å²) in [6.45, 7) is 4.46. The fourth-order valence-corrected chi connectivity index (χ4v) is 1.95. The topological polar surface area (TPSA) is 92.3 Å². The fraction of sp³-hybridized carbons (Fsp3) is 0.308. The van der Waals surface area contributed by atoms with E-state index in [-0.39, 0.29) is 0 Å². The summed E-state index contributed by atoms with van der Waals surface area (Å²) in [5, 5.41) is 3.26. The van der Waals surface area contributed by atoms with Crippen LogP contribution in [0.2, 0.25) is 0 Å². The minimum Gasteiger partial charge on any atom is -0.362 e. The minimum absolute atomic E-state index is 0.561. The van der Waals surface area contributed by atoms with Crippen molar-refractivity contribution in [3.8, 4) is 0 Å². The summed E-state index contributed by atoms with van der Waals surface area (Å²) >= 11 is 0. The Labute approximate surface area is 115 Å². The zero-order chi connectivity index (χ0) is 13.9. The number of fused-ring (bicyclic) bond motifs is 1. The third-order valence-electron chi connectivity index (χ3n) is 2.93. The number of nitrogens with one attached hydrogen (secondary N) is 2. The lowest BCUT2D eigenvalue weighted by molar-refractivity contribution is 0.920. The van der Waals surface area contributed by atoms with E-state index in [1.54, 1.807) is 18.7 Å². The number of anilines is 1. The zero-order valence-corrected chi connectivity index (χ0v) is 11.4. The van der Waals surface area contributed by atoms with Crippen LogP contribution in [0.4, 0.5) is 5.82 Å². The van der Waals surface area contributed by atoms with E-state index in [9.17, 15) is 0 Å². The maximum atomic E-state index is 4.50. The molecule has 102 valence electrons. The molecule has 3 heterocycles. The van der Waals surface area contributed by atoms with Gasteiger partial charge in [0.2, 0.25) is 0 Å². The van der Waals surface area contributed by atoms with Crippen LogP contribution in [-0.4, -0.2) is 29.9 Å². The summed E-state index contributed by atoms with van der Waals surface area (Å²) in [7, 11) is 0. The van der Waals surface area contributed by atoms with E-state index >= 15 is 0 Å². The van der Waals surface area contributed by atoms with E-state index in [1.807, 2.05) is 6.92 Å². The second-order valence-corrected chi connectivity index (χ2v) is 4.43. The molecular weight excluding hydrogens is 254 g/mol. The van der Waals surface area contributed by atoms with Crippen LogP contribution < -0.4 is 5.32 Å². The Balaban J connectivity index is 1.84. The maximum Gasteiger partial charge on any atom is 0.183 e. The third kappa shape index (κ3) is 2.42. The standard InChI is InChI=1S/C13H15N7/c1-3-9-4-14-5-10(20-9)6-15-12-11-13(17-7-16-11)19-8(2)18-12/h4-5,7H,3,6H2,1-2H3,(H2,15,16,17,18,19). The van der Waals surface area contributed by atoms with E-state index in [4.69, 9.17) is 0 Å². The molecule has 0 bridgehead atoms. The molecule has 0 saturated carbocycles. The Hall–Kier alpha value is -2.57. The lowest BCUT2D eigenvalue weighted by Crippen LogP contribution is -2.07. The van der Waals surface area contributed by atoms with E-state index in [0.717, 1.165) is 29.1 Å². The van der Waals surface area contributed by atoms with Gasteiger partial charge >= 0.3 is 0 Å². The molecule has 20 heavy (non-hydrogen) atoms. The molecule has 0 fully saturated rings. The number of aryl methyl sites for hydroxylation is 2. The molecule has 0 unspecified atom stereocenters. The van der Waals surface area contributed by atoms with E-state index < -0.39 is 0 Å². The fourth-order valence-electron chi connectivity index (χ4n) is 1.95. The normalized spacial score (nSPS) is 10.9. The molecule has 7 nitrogen and oxygen atoms in total. The van der Waals surface area contributed by atoms with Gasteiger partial charge in [0.1, 0.15) is 11.3 Å². The monoisotopic (exact) mass is 269 g/mol. The molecule has 0 aromatic carbocycles. The predicted molar refractivity (Wildman–Crippen MR) is 75.2 cm³/mol. The second kappa shape index (κ2) is 5.20. The number of nitrogens with zero attached hydrogens (tertiary/aromatic N) is 5. The minimum atomic E-state index is 0.561. The highest BCUT2D eigenvalue weighted by Gasteiger charge is 2.08. The van der Waals surface area contributed by atoms with Crippen molar-refractivity contribution < 1.29 is 0 Å². The first-order valence-corrected chi connectivity index (χ1v) is 6.47. The van der Waals surface area contributed by atoms with Crippen LogP contribution >= 0.6 is 0 Å². The summed E-state index contributed by atoms with van der Waals surface area (Å²) in [5.74, 6) is 1.41. The molecule has 3 rings (SSSR count). The van der Waals surface area contributed by atoms with Gasteiger partial charge in [-0.05, 0) is 13.3 Å². The van der Waals surface area contributed by atoms with Gasteiger partial charge in [0, 0.05) is 6.20 Å². The van der Waals surface area contributed by atoms with Gasteiger partial charge in [0.05, 0.1) is 30.5 Å². The first-order valence-electron chi connectivity index (χ1n) is 6.47. The van der Waals surface area contributed by atoms with Gasteiger partial charge in [-0.25, -0.2) is 15.0 Å². The van der Waals surface area contributed by atoms with Gasteiger partial charge in [-0.1, -0.05) is 6.92 Å². The molecule has 0 aliphatic carbocycles. The van der Waals surface area contributed by atoms with Gasteiger partial charge < -0.3 is 10.3 Å². The van der Waals surface area contributed by atoms with Crippen LogP contribution in [0, 0.1) is 6.92 Å². The number of H-pyrrole nitrogens is 1. The molecule has 3 aromatic rings. The molecular formula is C13H15N7. The molecule has 0 saturated heterocycles. The Kier molecular flexibility index (Phi) is 3.24. The van der Waals surface area contributed by atoms with Crippen LogP contribution in [0.1, 0.15) is 24.1 Å². The van der Waals surface area contributed by atoms with Gasteiger partial charge in [0.25, 0.3) is 0 Å². The molecule has 7 heteroatoms. The van der Waals surface area contributed by atoms with Crippen molar-refractivity contribution in [3.63, 3.8) is 0 Å². The molecule has 0 amide bonds. The number of aromatic nitrogens is 6. The molecule has 0 radical (unpaired) electrons. The van der Waals surface area contributed by atoms with E-state index in [1.165, 1.54) is 0 Å². The lowest BCUT2D eigenvalue weighted by Gasteiger charge is -2.07. The van der Waals surface area contributed by atoms with Crippen molar-refractivity contribution in [3.05, 3.63) is 35.9 Å². The summed E-state index contributed by atoms with van der Waals surface area (Å²) in [4.78, 5) is 24.5. The Morgan fingerprint density at radius 3 is 2.85 bits per heavy atom. The highest BCUT2D eigenvalue weighted by molar-refractivity contribution is 5.82. The SMILES string of the molecule is CCc1cncc(CNc2nc(C)nc3nc[nH]c23)n1. The zero-order valence-electron chi connectivity index (χ0n) is 11.4. The molecule has 3 aromatic heterocycles. The number of rotatable bonds is 4. The van der Waals surface area contributed by atoms with Gasteiger partial charge in [-0.3, -0.25) is 9.97 Å². The molecule has 0 aliphatic rings. The Morgan fingerprint density at radius 1 is 1.15 bits per heavy atom. The number of aromatic amines is 1. The summed E-state index contributed by atoms with van der Waals surface area (Å²) < 4.78 is 0. The summed E-state index contributed by atoms with van der Waals surface area (Å²) in [6, 6.07) is 0. The second-order valence-electron chi connectivity index (χ2n) is 4.43. The van der Waals surface area contributed by atoms with Gasteiger partial charge in [-0.2, -0.15) is 0 Å². The first-order chi connectivity index (χ1) is 9.76. The van der Waals surface area contributed by atoms with Crippen molar-refractivity contribution >= 4 is 17.0 Å². The number of imidazole rings is 1. The Morgan fingerprint density at radius 2 is 2.00 bits per heavy atom. The molecule has 0 aliphatic heterocycles. The smallest absolute Gasteiger partial charge is 0.183 e. The highest BCUT2D eigenvalue weighted by atomic mass is 15.1. The number of hydrogen-bond donors (Lipinski definition) is 2. The average Bonchev–Trinajstić information content (AvgIpc) is 2.93. The summed E-state index contributed by atoms with van der Waals surface area (Å²) in [6.07, 6.45) is 6.02. The van der Waals surface area contributed by atoms with Crippen LogP contribution in [0.3, 0.4) is 0 Å². The van der Waals surface area contributed by atoms with Gasteiger partial charge in [-0.15, -0.1) is 0 Å². The largest absolute Gasteiger partial charge is 0.362 e. The van der Waals surface area contributed by atoms with Crippen LogP contribution in [0.25, 0.3) is 11.2 Å². The molecule has 2 N–H and O–H groups in total. The molecule has 0 spiro atoms. The quantitative estimate of drug-likeness (QED) is 0.747. The average molecular weight is 269 g/mol. The molecule has 0 atom stereocenters. The van der Waals surface area contributed by atoms with Crippen molar-refractivity contribution in [1.29, 1.82) is 0 Å². The Bertz CT molecular complexity index is 734. The predicted octanol–water partition coefficient (Wildman–Crippen LogP) is 1.63. The first kappa shape index (κ1) is 12.5. The van der Waals surface area contributed by atoms with Crippen molar-refractivity contribution in [2.75, 3.05) is 5.32 Å². The lowest BCUT2D eigenvalue weighted by atomic mass is 10.3. The van der Waals surface area contributed by atoms with Crippen molar-refractivity contribution in [2.24, 2.45) is 0 Å². The van der Waals surface area contributed by atoms with E-state index in [0.29, 0.717) is 18.0 Å². The van der Waals surface area contributed by atoms with E-state index in [2.05, 4.69) is 42.1 Å². The van der Waals surface area contributed by atoms with Crippen molar-refractivity contribution in [2.45, 2.75) is 26.8 Å². The van der Waals surface area contributed by atoms with Gasteiger partial charge in [0.15, 0.2) is 11.5 Å². The maximum absolute atomic E-state index is 4.50. The summed E-state index contributed by atoms with van der Waals surface area (Å²) in [5.41, 5.74) is 3.33. The highest BCUT2D eigenvalue weighted by Crippen LogP contribution is 2.16.